The van der Waals surface area contributed by atoms with E-state index in [1.807, 2.05) is 6.92 Å². The second kappa shape index (κ2) is 6.22. The zero-order valence-electron chi connectivity index (χ0n) is 11.4. The quantitative estimate of drug-likeness (QED) is 0.567. The van der Waals surface area contributed by atoms with Crippen molar-refractivity contribution in [1.82, 2.24) is 9.80 Å². The Labute approximate surface area is 122 Å². The first-order chi connectivity index (χ1) is 9.12. The van der Waals surface area contributed by atoms with Gasteiger partial charge in [0.25, 0.3) is 0 Å². The summed E-state index contributed by atoms with van der Waals surface area (Å²) in [5.41, 5.74) is 0.0581. The highest BCUT2D eigenvalue weighted by Gasteiger charge is 2.39. The van der Waals surface area contributed by atoms with E-state index >= 15 is 0 Å². The molecule has 0 atom stereocenters. The van der Waals surface area contributed by atoms with Crippen molar-refractivity contribution in [3.8, 4) is 0 Å². The minimum absolute atomic E-state index is 0.0581. The van der Waals surface area contributed by atoms with Crippen molar-refractivity contribution < 1.29 is 14.3 Å². The van der Waals surface area contributed by atoms with Crippen LogP contribution in [-0.2, 0) is 14.3 Å². The third-order valence-electron chi connectivity index (χ3n) is 4.14. The molecule has 2 aliphatic heterocycles. The molecule has 2 fully saturated rings. The van der Waals surface area contributed by atoms with Crippen LogP contribution in [0.3, 0.4) is 0 Å². The third-order valence-corrected chi connectivity index (χ3v) is 5.33. The molecule has 0 aromatic heterocycles. The fourth-order valence-electron chi connectivity index (χ4n) is 2.71. The first kappa shape index (κ1) is 14.8. The van der Waals surface area contributed by atoms with E-state index in [0.717, 1.165) is 31.4 Å². The van der Waals surface area contributed by atoms with Gasteiger partial charge in [0.15, 0.2) is 0 Å². The number of carbonyl (C=O) groups is 2. The molecule has 2 aliphatic rings. The summed E-state index contributed by atoms with van der Waals surface area (Å²) in [5.74, 6) is -0.703. The lowest BCUT2D eigenvalue weighted by Crippen LogP contribution is -2.57. The lowest BCUT2D eigenvalue weighted by molar-refractivity contribution is -0.157. The van der Waals surface area contributed by atoms with Crippen LogP contribution in [0.2, 0.25) is 0 Å². The minimum atomic E-state index is -0.356. The van der Waals surface area contributed by atoms with E-state index < -0.39 is 0 Å². The fourth-order valence-corrected chi connectivity index (χ4v) is 3.45. The van der Waals surface area contributed by atoms with Gasteiger partial charge in [-0.2, -0.15) is 0 Å². The number of likely N-dealkylation sites (N-methyl/N-ethyl adjacent to an activating group) is 1. The Morgan fingerprint density at radius 2 is 1.74 bits per heavy atom. The molecule has 0 unspecified atom stereocenters. The van der Waals surface area contributed by atoms with Crippen LogP contribution in [0.25, 0.3) is 0 Å². The molecule has 2 amide bonds. The summed E-state index contributed by atoms with van der Waals surface area (Å²) in [6.45, 7) is 5.94. The van der Waals surface area contributed by atoms with Crippen molar-refractivity contribution in [2.24, 2.45) is 5.41 Å². The Balaban J connectivity index is 2.02. The highest BCUT2D eigenvalue weighted by molar-refractivity contribution is 9.09. The second-order valence-electron chi connectivity index (χ2n) is 5.36. The van der Waals surface area contributed by atoms with Gasteiger partial charge in [0.1, 0.15) is 0 Å². The molecule has 19 heavy (non-hydrogen) atoms. The standard InChI is InChI=1S/C13H21BrN2O3/c1-2-15-5-6-16(12(18)11(15)17)10-13(9-14)3-7-19-8-4-13/h2-10H2,1H3. The Bertz CT molecular complexity index is 356. The normalized spacial score (nSPS) is 23.9. The zero-order chi connectivity index (χ0) is 13.9. The fraction of sp³-hybridized carbons (Fsp3) is 0.846. The second-order valence-corrected chi connectivity index (χ2v) is 5.92. The number of halogens is 1. The molecule has 0 aromatic carbocycles. The number of rotatable bonds is 4. The van der Waals surface area contributed by atoms with Gasteiger partial charge in [0, 0.05) is 50.1 Å². The predicted molar refractivity (Wildman–Crippen MR) is 75.1 cm³/mol. The van der Waals surface area contributed by atoms with Crippen LogP contribution in [0.5, 0.6) is 0 Å². The number of amides is 2. The van der Waals surface area contributed by atoms with Crippen molar-refractivity contribution in [3.63, 3.8) is 0 Å². The summed E-state index contributed by atoms with van der Waals surface area (Å²) in [6.07, 6.45) is 1.88. The minimum Gasteiger partial charge on any atom is -0.381 e. The van der Waals surface area contributed by atoms with Gasteiger partial charge in [-0.05, 0) is 19.8 Å². The first-order valence-corrected chi connectivity index (χ1v) is 7.96. The maximum Gasteiger partial charge on any atom is 0.312 e. The smallest absolute Gasteiger partial charge is 0.312 e. The predicted octanol–water partition coefficient (Wildman–Crippen LogP) is 0.869. The summed E-state index contributed by atoms with van der Waals surface area (Å²) in [6, 6.07) is 0. The Morgan fingerprint density at radius 3 is 2.32 bits per heavy atom. The van der Waals surface area contributed by atoms with Gasteiger partial charge in [0.2, 0.25) is 0 Å². The molecule has 0 aliphatic carbocycles. The molecule has 6 heteroatoms. The van der Waals surface area contributed by atoms with Crippen LogP contribution in [0, 0.1) is 5.41 Å². The summed E-state index contributed by atoms with van der Waals surface area (Å²) >= 11 is 3.57. The largest absolute Gasteiger partial charge is 0.381 e. The monoisotopic (exact) mass is 332 g/mol. The Kier molecular flexibility index (Phi) is 4.84. The number of ether oxygens (including phenoxy) is 1. The van der Waals surface area contributed by atoms with Crippen molar-refractivity contribution in [3.05, 3.63) is 0 Å². The van der Waals surface area contributed by atoms with Crippen molar-refractivity contribution in [2.75, 3.05) is 44.7 Å². The van der Waals surface area contributed by atoms with Gasteiger partial charge in [-0.15, -0.1) is 0 Å². The van der Waals surface area contributed by atoms with E-state index in [1.165, 1.54) is 0 Å². The van der Waals surface area contributed by atoms with Gasteiger partial charge in [-0.1, -0.05) is 15.9 Å². The van der Waals surface area contributed by atoms with Crippen LogP contribution in [-0.4, -0.2) is 66.3 Å². The molecule has 5 nitrogen and oxygen atoms in total. The molecule has 0 aromatic rings. The maximum absolute atomic E-state index is 12.1. The lowest BCUT2D eigenvalue weighted by atomic mass is 9.81. The average molecular weight is 333 g/mol. The van der Waals surface area contributed by atoms with Gasteiger partial charge in [0.05, 0.1) is 0 Å². The molecular weight excluding hydrogens is 312 g/mol. The summed E-state index contributed by atoms with van der Waals surface area (Å²) in [5, 5.41) is 0.846. The van der Waals surface area contributed by atoms with E-state index in [1.54, 1.807) is 9.80 Å². The Hall–Kier alpha value is -0.620. The van der Waals surface area contributed by atoms with Crippen LogP contribution < -0.4 is 0 Å². The van der Waals surface area contributed by atoms with E-state index in [4.69, 9.17) is 4.74 Å². The highest BCUT2D eigenvalue weighted by atomic mass is 79.9. The topological polar surface area (TPSA) is 49.9 Å². The van der Waals surface area contributed by atoms with Crippen LogP contribution >= 0.6 is 15.9 Å². The first-order valence-electron chi connectivity index (χ1n) is 6.84. The molecule has 0 spiro atoms. The van der Waals surface area contributed by atoms with E-state index in [9.17, 15) is 9.59 Å². The van der Waals surface area contributed by atoms with Crippen LogP contribution in [0.15, 0.2) is 0 Å². The number of carbonyl (C=O) groups excluding carboxylic acids is 2. The zero-order valence-corrected chi connectivity index (χ0v) is 12.9. The Morgan fingerprint density at radius 1 is 1.16 bits per heavy atom. The van der Waals surface area contributed by atoms with Crippen LogP contribution in [0.4, 0.5) is 0 Å². The highest BCUT2D eigenvalue weighted by Crippen LogP contribution is 2.33. The maximum atomic E-state index is 12.1. The summed E-state index contributed by atoms with van der Waals surface area (Å²) in [7, 11) is 0. The molecule has 2 rings (SSSR count). The number of hydrogen-bond donors (Lipinski definition) is 0. The molecule has 0 saturated carbocycles. The van der Waals surface area contributed by atoms with Gasteiger partial charge in [-0.3, -0.25) is 9.59 Å². The van der Waals surface area contributed by atoms with Crippen molar-refractivity contribution in [2.45, 2.75) is 19.8 Å². The molecule has 2 saturated heterocycles. The molecule has 2 heterocycles. The number of hydrogen-bond acceptors (Lipinski definition) is 3. The van der Waals surface area contributed by atoms with E-state index in [2.05, 4.69) is 15.9 Å². The molecular formula is C13H21BrN2O3. The SMILES string of the molecule is CCN1CCN(CC2(CBr)CCOCC2)C(=O)C1=O. The summed E-state index contributed by atoms with van der Waals surface area (Å²) < 4.78 is 5.40. The average Bonchev–Trinajstić information content (AvgIpc) is 2.45. The van der Waals surface area contributed by atoms with Crippen LogP contribution in [0.1, 0.15) is 19.8 Å². The van der Waals surface area contributed by atoms with Crippen molar-refractivity contribution >= 4 is 27.7 Å². The van der Waals surface area contributed by atoms with E-state index in [-0.39, 0.29) is 17.2 Å². The lowest BCUT2D eigenvalue weighted by Gasteiger charge is -2.42. The van der Waals surface area contributed by atoms with Gasteiger partial charge >= 0.3 is 11.8 Å². The summed E-state index contributed by atoms with van der Waals surface area (Å²) in [4.78, 5) is 27.4. The molecule has 108 valence electrons. The van der Waals surface area contributed by atoms with Crippen molar-refractivity contribution in [1.29, 1.82) is 0 Å². The van der Waals surface area contributed by atoms with Gasteiger partial charge in [-0.25, -0.2) is 0 Å². The van der Waals surface area contributed by atoms with E-state index in [0.29, 0.717) is 26.2 Å². The molecule has 0 bridgehead atoms. The number of nitrogens with zero attached hydrogens (tertiary/aromatic N) is 2. The number of piperazine rings is 1. The molecule has 0 N–H and O–H groups in total. The number of alkyl halides is 1. The third kappa shape index (κ3) is 3.11. The van der Waals surface area contributed by atoms with Gasteiger partial charge < -0.3 is 14.5 Å². The molecule has 0 radical (unpaired) electrons.